The van der Waals surface area contributed by atoms with Gasteiger partial charge in [0.1, 0.15) is 6.17 Å². The summed E-state index contributed by atoms with van der Waals surface area (Å²) in [4.78, 5) is 4.17. The summed E-state index contributed by atoms with van der Waals surface area (Å²) in [7, 11) is 0. The molecule has 0 bridgehead atoms. The van der Waals surface area contributed by atoms with Crippen LogP contribution in [-0.2, 0) is 0 Å². The van der Waals surface area contributed by atoms with Gasteiger partial charge in [-0.2, -0.15) is 0 Å². The highest BCUT2D eigenvalue weighted by Gasteiger charge is 2.16. The highest BCUT2D eigenvalue weighted by molar-refractivity contribution is 7.80. The van der Waals surface area contributed by atoms with Gasteiger partial charge in [0.05, 0.1) is 0 Å². The van der Waals surface area contributed by atoms with E-state index in [1.807, 2.05) is 18.2 Å². The first-order chi connectivity index (χ1) is 7.15. The first-order valence-corrected chi connectivity index (χ1v) is 5.10. The summed E-state index contributed by atoms with van der Waals surface area (Å²) in [6.07, 6.45) is -0.266. The standard InChI is InChI=1S/C9H9ClN4S/c10-6-3-1-2-5(4-6)7-12-8(11)14-9(15)13-7/h1-4,7H,(H4,11,12,13,14,15)/t7-/m0/s1. The molecule has 0 aliphatic carbocycles. The molecule has 15 heavy (non-hydrogen) atoms. The molecule has 1 aliphatic rings. The van der Waals surface area contributed by atoms with E-state index in [9.17, 15) is 0 Å². The first kappa shape index (κ1) is 10.2. The van der Waals surface area contributed by atoms with Crippen molar-refractivity contribution in [1.29, 1.82) is 0 Å². The normalized spacial score (nSPS) is 20.2. The molecule has 1 aromatic rings. The Balaban J connectivity index is 2.31. The summed E-state index contributed by atoms with van der Waals surface area (Å²) < 4.78 is 0. The second-order valence-corrected chi connectivity index (χ2v) is 3.92. The molecule has 0 spiro atoms. The number of thiocarbonyl (C=S) groups is 1. The summed E-state index contributed by atoms with van der Waals surface area (Å²) in [6.45, 7) is 0. The molecule has 0 saturated carbocycles. The van der Waals surface area contributed by atoms with E-state index < -0.39 is 0 Å². The summed E-state index contributed by atoms with van der Waals surface area (Å²) in [5, 5.41) is 6.82. The van der Waals surface area contributed by atoms with E-state index in [4.69, 9.17) is 29.6 Å². The molecule has 4 N–H and O–H groups in total. The van der Waals surface area contributed by atoms with E-state index in [1.54, 1.807) is 6.07 Å². The van der Waals surface area contributed by atoms with Crippen LogP contribution in [-0.4, -0.2) is 11.1 Å². The average Bonchev–Trinajstić information content (AvgIpc) is 2.16. The monoisotopic (exact) mass is 240 g/mol. The van der Waals surface area contributed by atoms with E-state index in [2.05, 4.69) is 15.6 Å². The zero-order valence-electron chi connectivity index (χ0n) is 7.70. The van der Waals surface area contributed by atoms with Crippen molar-refractivity contribution >= 4 is 34.9 Å². The van der Waals surface area contributed by atoms with Crippen LogP contribution in [0.4, 0.5) is 0 Å². The molecular weight excluding hydrogens is 232 g/mol. The molecule has 0 aromatic heterocycles. The second-order valence-electron chi connectivity index (χ2n) is 3.07. The van der Waals surface area contributed by atoms with E-state index >= 15 is 0 Å². The highest BCUT2D eigenvalue weighted by Crippen LogP contribution is 2.19. The van der Waals surface area contributed by atoms with Gasteiger partial charge in [-0.15, -0.1) is 0 Å². The Kier molecular flexibility index (Phi) is 2.75. The molecule has 4 nitrogen and oxygen atoms in total. The zero-order valence-corrected chi connectivity index (χ0v) is 9.27. The molecule has 1 aliphatic heterocycles. The number of hydrogen-bond donors (Lipinski definition) is 3. The minimum atomic E-state index is -0.266. The van der Waals surface area contributed by atoms with Crippen LogP contribution >= 0.6 is 23.8 Å². The largest absolute Gasteiger partial charge is 0.370 e. The third kappa shape index (κ3) is 2.37. The van der Waals surface area contributed by atoms with Crippen molar-refractivity contribution in [2.75, 3.05) is 0 Å². The van der Waals surface area contributed by atoms with Crippen molar-refractivity contribution in [2.24, 2.45) is 10.7 Å². The molecule has 78 valence electrons. The Morgan fingerprint density at radius 3 is 2.93 bits per heavy atom. The van der Waals surface area contributed by atoms with E-state index in [0.717, 1.165) is 5.56 Å². The maximum atomic E-state index is 5.88. The summed E-state index contributed by atoms with van der Waals surface area (Å²) in [5.41, 5.74) is 6.49. The van der Waals surface area contributed by atoms with Gasteiger partial charge >= 0.3 is 0 Å². The highest BCUT2D eigenvalue weighted by atomic mass is 35.5. The Morgan fingerprint density at radius 1 is 1.47 bits per heavy atom. The van der Waals surface area contributed by atoms with Gasteiger partial charge in [0.15, 0.2) is 11.1 Å². The van der Waals surface area contributed by atoms with Crippen LogP contribution in [0.5, 0.6) is 0 Å². The van der Waals surface area contributed by atoms with E-state index in [1.165, 1.54) is 0 Å². The summed E-state index contributed by atoms with van der Waals surface area (Å²) in [6, 6.07) is 7.39. The Morgan fingerprint density at radius 2 is 2.27 bits per heavy atom. The van der Waals surface area contributed by atoms with Gasteiger partial charge in [-0.05, 0) is 29.9 Å². The topological polar surface area (TPSA) is 62.4 Å². The number of guanidine groups is 1. The van der Waals surface area contributed by atoms with Crippen molar-refractivity contribution < 1.29 is 0 Å². The number of nitrogens with zero attached hydrogens (tertiary/aromatic N) is 1. The lowest BCUT2D eigenvalue weighted by Gasteiger charge is -2.23. The fourth-order valence-electron chi connectivity index (χ4n) is 1.31. The molecule has 6 heteroatoms. The Hall–Kier alpha value is -1.33. The van der Waals surface area contributed by atoms with E-state index in [-0.39, 0.29) is 6.17 Å². The van der Waals surface area contributed by atoms with Gasteiger partial charge < -0.3 is 16.4 Å². The van der Waals surface area contributed by atoms with Crippen LogP contribution in [0.25, 0.3) is 0 Å². The van der Waals surface area contributed by atoms with Gasteiger partial charge in [-0.25, -0.2) is 4.99 Å². The van der Waals surface area contributed by atoms with Gasteiger partial charge in [0.2, 0.25) is 0 Å². The Labute approximate surface area is 97.5 Å². The quantitative estimate of drug-likeness (QED) is 0.644. The van der Waals surface area contributed by atoms with Gasteiger partial charge in [0.25, 0.3) is 0 Å². The second kappa shape index (κ2) is 4.04. The van der Waals surface area contributed by atoms with Crippen LogP contribution in [0.1, 0.15) is 11.7 Å². The number of rotatable bonds is 1. The van der Waals surface area contributed by atoms with Crippen LogP contribution < -0.4 is 16.4 Å². The molecule has 1 aromatic carbocycles. The van der Waals surface area contributed by atoms with E-state index in [0.29, 0.717) is 16.1 Å². The SMILES string of the molecule is NC1=N[C@H](c2cccc(Cl)c2)NC(=S)N1. The molecule has 0 amide bonds. The lowest BCUT2D eigenvalue weighted by Crippen LogP contribution is -2.49. The maximum Gasteiger partial charge on any atom is 0.197 e. The van der Waals surface area contributed by atoms with Crippen LogP contribution in [0.2, 0.25) is 5.02 Å². The van der Waals surface area contributed by atoms with Crippen molar-refractivity contribution in [2.45, 2.75) is 6.17 Å². The predicted molar refractivity (Wildman–Crippen MR) is 64.7 cm³/mol. The molecule has 0 fully saturated rings. The number of nitrogens with one attached hydrogen (secondary N) is 2. The molecule has 0 radical (unpaired) electrons. The molecule has 1 heterocycles. The molecule has 0 unspecified atom stereocenters. The first-order valence-electron chi connectivity index (χ1n) is 4.31. The summed E-state index contributed by atoms with van der Waals surface area (Å²) >= 11 is 10.9. The fourth-order valence-corrected chi connectivity index (χ4v) is 1.73. The predicted octanol–water partition coefficient (Wildman–Crippen LogP) is 1.13. The Bertz CT molecular complexity index is 432. The number of hydrogen-bond acceptors (Lipinski definition) is 3. The number of benzene rings is 1. The van der Waals surface area contributed by atoms with Crippen molar-refractivity contribution in [1.82, 2.24) is 10.6 Å². The van der Waals surface area contributed by atoms with Gasteiger partial charge in [-0.3, -0.25) is 0 Å². The molecule has 1 atom stereocenters. The lowest BCUT2D eigenvalue weighted by molar-refractivity contribution is 0.660. The molecular formula is C9H9ClN4S. The zero-order chi connectivity index (χ0) is 10.8. The lowest BCUT2D eigenvalue weighted by atomic mass is 10.2. The third-order valence-electron chi connectivity index (χ3n) is 1.94. The number of halogens is 1. The third-order valence-corrected chi connectivity index (χ3v) is 2.40. The van der Waals surface area contributed by atoms with Crippen molar-refractivity contribution in [3.63, 3.8) is 0 Å². The van der Waals surface area contributed by atoms with Gasteiger partial charge in [0, 0.05) is 5.02 Å². The van der Waals surface area contributed by atoms with Gasteiger partial charge in [-0.1, -0.05) is 23.7 Å². The average molecular weight is 241 g/mol. The smallest absolute Gasteiger partial charge is 0.197 e. The summed E-state index contributed by atoms with van der Waals surface area (Å²) in [5.74, 6) is 0.309. The number of nitrogens with two attached hydrogens (primary N) is 1. The van der Waals surface area contributed by atoms with Crippen molar-refractivity contribution in [3.05, 3.63) is 34.9 Å². The maximum absolute atomic E-state index is 5.88. The number of aliphatic imine (C=N–C) groups is 1. The molecule has 2 rings (SSSR count). The minimum absolute atomic E-state index is 0.266. The van der Waals surface area contributed by atoms with Crippen LogP contribution in [0, 0.1) is 0 Å². The fraction of sp³-hybridized carbons (Fsp3) is 0.111. The van der Waals surface area contributed by atoms with Crippen LogP contribution in [0.3, 0.4) is 0 Å². The van der Waals surface area contributed by atoms with Crippen LogP contribution in [0.15, 0.2) is 29.3 Å². The molecule has 0 saturated heterocycles. The van der Waals surface area contributed by atoms with Crippen molar-refractivity contribution in [3.8, 4) is 0 Å². The minimum Gasteiger partial charge on any atom is -0.370 e.